The SMILES string of the molecule is C=C/C=C(\C=C)COc1ccccc1.CC1CC1. The average molecular weight is 242 g/mol. The quantitative estimate of drug-likeness (QED) is 0.675. The molecule has 0 bridgehead atoms. The molecule has 1 aliphatic rings. The summed E-state index contributed by atoms with van der Waals surface area (Å²) in [5.41, 5.74) is 1.02. The van der Waals surface area contributed by atoms with Gasteiger partial charge in [-0.25, -0.2) is 0 Å². The normalized spacial score (nSPS) is 14.2. The van der Waals surface area contributed by atoms with Crippen molar-refractivity contribution in [3.05, 3.63) is 67.3 Å². The third kappa shape index (κ3) is 6.74. The zero-order valence-corrected chi connectivity index (χ0v) is 11.1. The van der Waals surface area contributed by atoms with Crippen LogP contribution in [0.5, 0.6) is 5.75 Å². The van der Waals surface area contributed by atoms with Crippen molar-refractivity contribution in [3.8, 4) is 5.75 Å². The second-order valence-electron chi connectivity index (χ2n) is 4.47. The molecule has 0 aliphatic heterocycles. The summed E-state index contributed by atoms with van der Waals surface area (Å²) in [5, 5.41) is 0. The predicted molar refractivity (Wildman–Crippen MR) is 78.8 cm³/mol. The number of allylic oxidation sites excluding steroid dienone is 2. The maximum atomic E-state index is 5.52. The lowest BCUT2D eigenvalue weighted by Gasteiger charge is -2.05. The van der Waals surface area contributed by atoms with Crippen LogP contribution in [-0.2, 0) is 0 Å². The van der Waals surface area contributed by atoms with Crippen LogP contribution in [0.2, 0.25) is 0 Å². The highest BCUT2D eigenvalue weighted by atomic mass is 16.5. The molecule has 0 aromatic heterocycles. The Balaban J connectivity index is 0.000000341. The van der Waals surface area contributed by atoms with Gasteiger partial charge in [0, 0.05) is 0 Å². The smallest absolute Gasteiger partial charge is 0.119 e. The van der Waals surface area contributed by atoms with Crippen LogP contribution in [0.15, 0.2) is 67.3 Å². The highest BCUT2D eigenvalue weighted by Crippen LogP contribution is 2.26. The molecule has 1 nitrogen and oxygen atoms in total. The maximum Gasteiger partial charge on any atom is 0.119 e. The van der Waals surface area contributed by atoms with Crippen LogP contribution in [0, 0.1) is 5.92 Å². The van der Waals surface area contributed by atoms with E-state index in [-0.39, 0.29) is 0 Å². The van der Waals surface area contributed by atoms with E-state index in [2.05, 4.69) is 20.1 Å². The topological polar surface area (TPSA) is 9.23 Å². The van der Waals surface area contributed by atoms with E-state index in [0.717, 1.165) is 17.2 Å². The molecule has 0 saturated heterocycles. The highest BCUT2D eigenvalue weighted by Gasteiger charge is 2.12. The van der Waals surface area contributed by atoms with Crippen LogP contribution in [0.25, 0.3) is 0 Å². The van der Waals surface area contributed by atoms with Crippen molar-refractivity contribution in [1.29, 1.82) is 0 Å². The minimum atomic E-state index is 0.527. The molecule has 1 aromatic rings. The molecule has 96 valence electrons. The van der Waals surface area contributed by atoms with Crippen molar-refractivity contribution in [2.45, 2.75) is 19.8 Å². The molecule has 0 spiro atoms. The Hall–Kier alpha value is -1.76. The van der Waals surface area contributed by atoms with Gasteiger partial charge in [-0.1, -0.05) is 69.4 Å². The van der Waals surface area contributed by atoms with Gasteiger partial charge >= 0.3 is 0 Å². The number of hydrogen-bond acceptors (Lipinski definition) is 1. The Morgan fingerprint density at radius 3 is 2.33 bits per heavy atom. The van der Waals surface area contributed by atoms with Gasteiger partial charge in [-0.2, -0.15) is 0 Å². The summed E-state index contributed by atoms with van der Waals surface area (Å²) >= 11 is 0. The molecule has 2 rings (SSSR count). The van der Waals surface area contributed by atoms with Crippen LogP contribution in [0.1, 0.15) is 19.8 Å². The number of ether oxygens (including phenoxy) is 1. The fourth-order valence-electron chi connectivity index (χ4n) is 1.18. The molecule has 0 N–H and O–H groups in total. The zero-order chi connectivity index (χ0) is 13.2. The van der Waals surface area contributed by atoms with Gasteiger partial charge < -0.3 is 4.74 Å². The molecular formula is C17H22O. The summed E-state index contributed by atoms with van der Waals surface area (Å²) in [4.78, 5) is 0. The van der Waals surface area contributed by atoms with Crippen molar-refractivity contribution in [3.63, 3.8) is 0 Å². The molecule has 0 radical (unpaired) electrons. The molecule has 1 fully saturated rings. The largest absolute Gasteiger partial charge is 0.489 e. The number of para-hydroxylation sites is 1. The lowest BCUT2D eigenvalue weighted by atomic mass is 10.2. The molecule has 1 aliphatic carbocycles. The van der Waals surface area contributed by atoms with Crippen molar-refractivity contribution in [1.82, 2.24) is 0 Å². The first kappa shape index (κ1) is 14.3. The third-order valence-corrected chi connectivity index (χ3v) is 2.61. The lowest BCUT2D eigenvalue weighted by Crippen LogP contribution is -1.98. The molecular weight excluding hydrogens is 220 g/mol. The van der Waals surface area contributed by atoms with E-state index in [1.165, 1.54) is 12.8 Å². The number of hydrogen-bond donors (Lipinski definition) is 0. The standard InChI is InChI=1S/C13H14O.C4H8/c1-3-8-12(4-2)11-14-13-9-6-5-7-10-13;1-4-2-3-4/h3-10H,1-2,11H2;4H,2-3H2,1H3/b12-8+;. The van der Waals surface area contributed by atoms with Crippen molar-refractivity contribution >= 4 is 0 Å². The van der Waals surface area contributed by atoms with E-state index >= 15 is 0 Å². The number of rotatable bonds is 5. The Kier molecular flexibility index (Phi) is 6.63. The molecule has 0 heterocycles. The third-order valence-electron chi connectivity index (χ3n) is 2.61. The van der Waals surface area contributed by atoms with Gasteiger partial charge in [0.1, 0.15) is 12.4 Å². The van der Waals surface area contributed by atoms with Gasteiger partial charge in [0.15, 0.2) is 0 Å². The van der Waals surface area contributed by atoms with Crippen molar-refractivity contribution in [2.75, 3.05) is 6.61 Å². The Morgan fingerprint density at radius 2 is 1.89 bits per heavy atom. The molecule has 1 saturated carbocycles. The van der Waals surface area contributed by atoms with E-state index in [4.69, 9.17) is 4.74 Å². The minimum absolute atomic E-state index is 0.527. The lowest BCUT2D eigenvalue weighted by molar-refractivity contribution is 0.355. The fourth-order valence-corrected chi connectivity index (χ4v) is 1.18. The summed E-state index contributed by atoms with van der Waals surface area (Å²) in [6.45, 7) is 10.1. The maximum absolute atomic E-state index is 5.52. The molecule has 1 heteroatoms. The van der Waals surface area contributed by atoms with E-state index in [0.29, 0.717) is 6.61 Å². The van der Waals surface area contributed by atoms with Gasteiger partial charge in [-0.05, 0) is 23.6 Å². The molecule has 1 aromatic carbocycles. The van der Waals surface area contributed by atoms with Gasteiger partial charge in [0.05, 0.1) is 0 Å². The Labute approximate surface area is 110 Å². The number of benzene rings is 1. The summed E-state index contributed by atoms with van der Waals surface area (Å²) in [7, 11) is 0. The fraction of sp³-hybridized carbons (Fsp3) is 0.294. The van der Waals surface area contributed by atoms with Gasteiger partial charge in [0.25, 0.3) is 0 Å². The van der Waals surface area contributed by atoms with Crippen LogP contribution >= 0.6 is 0 Å². The molecule has 0 unspecified atom stereocenters. The second kappa shape index (κ2) is 8.35. The highest BCUT2D eigenvalue weighted by molar-refractivity contribution is 5.25. The Bertz CT molecular complexity index is 385. The average Bonchev–Trinajstić information content (AvgIpc) is 3.19. The van der Waals surface area contributed by atoms with Crippen molar-refractivity contribution < 1.29 is 4.74 Å². The van der Waals surface area contributed by atoms with E-state index < -0.39 is 0 Å². The van der Waals surface area contributed by atoms with Crippen LogP contribution in [0.3, 0.4) is 0 Å². The second-order valence-corrected chi connectivity index (χ2v) is 4.47. The summed E-state index contributed by atoms with van der Waals surface area (Å²) < 4.78 is 5.52. The van der Waals surface area contributed by atoms with Gasteiger partial charge in [-0.15, -0.1) is 0 Å². The first-order chi connectivity index (χ1) is 8.76. The predicted octanol–water partition coefficient (Wildman–Crippen LogP) is 4.78. The summed E-state index contributed by atoms with van der Waals surface area (Å²) in [5.74, 6) is 1.95. The zero-order valence-electron chi connectivity index (χ0n) is 11.1. The van der Waals surface area contributed by atoms with Crippen LogP contribution in [-0.4, -0.2) is 6.61 Å². The summed E-state index contributed by atoms with van der Waals surface area (Å²) in [6.07, 6.45) is 8.35. The van der Waals surface area contributed by atoms with E-state index in [1.807, 2.05) is 36.4 Å². The van der Waals surface area contributed by atoms with Crippen molar-refractivity contribution in [2.24, 2.45) is 5.92 Å². The Morgan fingerprint density at radius 1 is 1.28 bits per heavy atom. The monoisotopic (exact) mass is 242 g/mol. The van der Waals surface area contributed by atoms with Gasteiger partial charge in [-0.3, -0.25) is 0 Å². The summed E-state index contributed by atoms with van der Waals surface area (Å²) in [6, 6.07) is 9.70. The van der Waals surface area contributed by atoms with E-state index in [1.54, 1.807) is 12.2 Å². The van der Waals surface area contributed by atoms with E-state index in [9.17, 15) is 0 Å². The van der Waals surface area contributed by atoms with Crippen LogP contribution in [0.4, 0.5) is 0 Å². The first-order valence-corrected chi connectivity index (χ1v) is 6.38. The first-order valence-electron chi connectivity index (χ1n) is 6.38. The van der Waals surface area contributed by atoms with Crippen LogP contribution < -0.4 is 4.74 Å². The van der Waals surface area contributed by atoms with Gasteiger partial charge in [0.2, 0.25) is 0 Å². The molecule has 18 heavy (non-hydrogen) atoms. The molecule has 0 amide bonds. The minimum Gasteiger partial charge on any atom is -0.489 e. The molecule has 0 atom stereocenters.